The number of benzene rings is 1. The Morgan fingerprint density at radius 2 is 2.12 bits per heavy atom. The Hall–Kier alpha value is -1.69. The lowest BCUT2D eigenvalue weighted by Crippen LogP contribution is -2.35. The number of hydrogen-bond donors (Lipinski definition) is 1. The zero-order chi connectivity index (χ0) is 12.8. The summed E-state index contributed by atoms with van der Waals surface area (Å²) >= 11 is 0. The molecule has 0 unspecified atom stereocenters. The first kappa shape index (κ1) is 13.4. The van der Waals surface area contributed by atoms with Crippen molar-refractivity contribution >= 4 is 5.91 Å². The molecule has 0 spiro atoms. The zero-order valence-corrected chi connectivity index (χ0v) is 9.45. The first-order chi connectivity index (χ1) is 8.04. The van der Waals surface area contributed by atoms with Gasteiger partial charge < -0.3 is 15.4 Å². The Morgan fingerprint density at radius 1 is 1.41 bits per heavy atom. The van der Waals surface area contributed by atoms with Crippen molar-refractivity contribution in [2.75, 3.05) is 26.7 Å². The molecule has 0 fully saturated rings. The lowest BCUT2D eigenvalue weighted by Gasteiger charge is -2.16. The number of carbonyl (C=O) groups is 1. The summed E-state index contributed by atoms with van der Waals surface area (Å²) < 4.78 is 30.6. The summed E-state index contributed by atoms with van der Waals surface area (Å²) in [6, 6.07) is 3.27. The minimum absolute atomic E-state index is 0.0678. The van der Waals surface area contributed by atoms with E-state index < -0.39 is 11.6 Å². The van der Waals surface area contributed by atoms with Gasteiger partial charge in [0.1, 0.15) is 12.4 Å². The fourth-order valence-corrected chi connectivity index (χ4v) is 1.15. The fourth-order valence-electron chi connectivity index (χ4n) is 1.15. The Balaban J connectivity index is 2.40. The van der Waals surface area contributed by atoms with Crippen LogP contribution < -0.4 is 10.5 Å². The molecule has 0 radical (unpaired) electrons. The molecule has 0 aromatic heterocycles. The number of halogens is 2. The molecule has 94 valence electrons. The highest BCUT2D eigenvalue weighted by Gasteiger charge is 2.06. The summed E-state index contributed by atoms with van der Waals surface area (Å²) in [5, 5.41) is 0. The van der Waals surface area contributed by atoms with Gasteiger partial charge in [-0.1, -0.05) is 0 Å². The maximum atomic E-state index is 12.8. The number of nitrogens with two attached hydrogens (primary N) is 1. The second-order valence-electron chi connectivity index (χ2n) is 3.44. The standard InChI is InChI=1S/C11H14F2N2O2/c1-15(11(16)7-14)4-5-17-8-2-3-9(12)10(13)6-8/h2-3,6H,4-5,7,14H2,1H3. The molecular formula is C11H14F2N2O2. The minimum Gasteiger partial charge on any atom is -0.492 e. The SMILES string of the molecule is CN(CCOc1ccc(F)c(F)c1)C(=O)CN. The largest absolute Gasteiger partial charge is 0.492 e. The van der Waals surface area contributed by atoms with E-state index in [1.54, 1.807) is 7.05 Å². The highest BCUT2D eigenvalue weighted by Crippen LogP contribution is 2.15. The van der Waals surface area contributed by atoms with E-state index in [1.807, 2.05) is 0 Å². The van der Waals surface area contributed by atoms with Gasteiger partial charge in [-0.3, -0.25) is 4.79 Å². The molecule has 0 aliphatic heterocycles. The van der Waals surface area contributed by atoms with Gasteiger partial charge in [0, 0.05) is 13.1 Å². The Bertz CT molecular complexity index is 399. The van der Waals surface area contributed by atoms with E-state index in [-0.39, 0.29) is 24.8 Å². The number of hydrogen-bond acceptors (Lipinski definition) is 3. The molecule has 4 nitrogen and oxygen atoms in total. The first-order valence-electron chi connectivity index (χ1n) is 5.06. The molecule has 1 amide bonds. The van der Waals surface area contributed by atoms with E-state index in [0.29, 0.717) is 6.54 Å². The molecule has 0 aliphatic carbocycles. The lowest BCUT2D eigenvalue weighted by atomic mass is 10.3. The van der Waals surface area contributed by atoms with Crippen LogP contribution in [0.15, 0.2) is 18.2 Å². The third-order valence-electron chi connectivity index (χ3n) is 2.19. The molecule has 0 aliphatic rings. The lowest BCUT2D eigenvalue weighted by molar-refractivity contribution is -0.128. The maximum absolute atomic E-state index is 12.8. The van der Waals surface area contributed by atoms with Gasteiger partial charge in [0.2, 0.25) is 5.91 Å². The van der Waals surface area contributed by atoms with E-state index in [1.165, 1.54) is 11.0 Å². The predicted molar refractivity (Wildman–Crippen MR) is 58.5 cm³/mol. The van der Waals surface area contributed by atoms with Crippen LogP contribution in [-0.4, -0.2) is 37.6 Å². The molecule has 17 heavy (non-hydrogen) atoms. The number of amides is 1. The second kappa shape index (κ2) is 6.15. The third-order valence-corrected chi connectivity index (χ3v) is 2.19. The Kier molecular flexibility index (Phi) is 4.84. The quantitative estimate of drug-likeness (QED) is 0.832. The molecule has 6 heteroatoms. The number of rotatable bonds is 5. The molecule has 1 aromatic carbocycles. The van der Waals surface area contributed by atoms with Crippen molar-refractivity contribution in [2.45, 2.75) is 0 Å². The van der Waals surface area contributed by atoms with Crippen LogP contribution in [0.2, 0.25) is 0 Å². The van der Waals surface area contributed by atoms with Crippen molar-refractivity contribution in [3.05, 3.63) is 29.8 Å². The van der Waals surface area contributed by atoms with Crippen LogP contribution in [0, 0.1) is 11.6 Å². The number of likely N-dealkylation sites (N-methyl/N-ethyl adjacent to an activating group) is 1. The van der Waals surface area contributed by atoms with Crippen LogP contribution in [0.1, 0.15) is 0 Å². The average molecular weight is 244 g/mol. The summed E-state index contributed by atoms with van der Waals surface area (Å²) in [6.45, 7) is 0.448. The van der Waals surface area contributed by atoms with Crippen molar-refractivity contribution in [3.63, 3.8) is 0 Å². The van der Waals surface area contributed by atoms with Gasteiger partial charge in [-0.05, 0) is 12.1 Å². The van der Waals surface area contributed by atoms with Crippen LogP contribution in [0.25, 0.3) is 0 Å². The normalized spacial score (nSPS) is 10.1. The van der Waals surface area contributed by atoms with Crippen molar-refractivity contribution in [1.82, 2.24) is 4.90 Å². The average Bonchev–Trinajstić information content (AvgIpc) is 2.32. The number of carbonyl (C=O) groups excluding carboxylic acids is 1. The van der Waals surface area contributed by atoms with E-state index in [0.717, 1.165) is 12.1 Å². The van der Waals surface area contributed by atoms with Crippen molar-refractivity contribution in [2.24, 2.45) is 5.73 Å². The van der Waals surface area contributed by atoms with E-state index in [4.69, 9.17) is 10.5 Å². The number of ether oxygens (including phenoxy) is 1. The first-order valence-corrected chi connectivity index (χ1v) is 5.06. The van der Waals surface area contributed by atoms with Crippen molar-refractivity contribution < 1.29 is 18.3 Å². The van der Waals surface area contributed by atoms with Gasteiger partial charge in [-0.2, -0.15) is 0 Å². The molecule has 1 aromatic rings. The van der Waals surface area contributed by atoms with Crippen LogP contribution in [0.3, 0.4) is 0 Å². The molecular weight excluding hydrogens is 230 g/mol. The van der Waals surface area contributed by atoms with Gasteiger partial charge in [0.15, 0.2) is 11.6 Å². The Labute approximate surface area is 98.0 Å². The highest BCUT2D eigenvalue weighted by molar-refractivity contribution is 5.77. The molecule has 0 atom stereocenters. The fraction of sp³-hybridized carbons (Fsp3) is 0.364. The molecule has 0 saturated carbocycles. The van der Waals surface area contributed by atoms with E-state index in [2.05, 4.69) is 0 Å². The molecule has 1 rings (SSSR count). The zero-order valence-electron chi connectivity index (χ0n) is 9.45. The summed E-state index contributed by atoms with van der Waals surface area (Å²) in [4.78, 5) is 12.5. The minimum atomic E-state index is -0.964. The third kappa shape index (κ3) is 3.99. The van der Waals surface area contributed by atoms with Crippen molar-refractivity contribution in [1.29, 1.82) is 0 Å². The molecule has 0 saturated heterocycles. The van der Waals surface area contributed by atoms with Gasteiger partial charge >= 0.3 is 0 Å². The van der Waals surface area contributed by atoms with Crippen LogP contribution >= 0.6 is 0 Å². The summed E-state index contributed by atoms with van der Waals surface area (Å²) in [6.07, 6.45) is 0. The monoisotopic (exact) mass is 244 g/mol. The van der Waals surface area contributed by atoms with Gasteiger partial charge in [0.25, 0.3) is 0 Å². The summed E-state index contributed by atoms with van der Waals surface area (Å²) in [5.41, 5.74) is 5.17. The summed E-state index contributed by atoms with van der Waals surface area (Å²) in [7, 11) is 1.59. The number of nitrogens with zero attached hydrogens (tertiary/aromatic N) is 1. The summed E-state index contributed by atoms with van der Waals surface area (Å²) in [5.74, 6) is -1.88. The predicted octanol–water partition coefficient (Wildman–Crippen LogP) is 0.761. The van der Waals surface area contributed by atoms with Crippen LogP contribution in [0.4, 0.5) is 8.78 Å². The van der Waals surface area contributed by atoms with Gasteiger partial charge in [-0.25, -0.2) is 8.78 Å². The van der Waals surface area contributed by atoms with Crippen LogP contribution in [0.5, 0.6) is 5.75 Å². The molecule has 0 heterocycles. The second-order valence-corrected chi connectivity index (χ2v) is 3.44. The molecule has 0 bridgehead atoms. The van der Waals surface area contributed by atoms with Gasteiger partial charge in [0.05, 0.1) is 13.1 Å². The smallest absolute Gasteiger partial charge is 0.236 e. The highest BCUT2D eigenvalue weighted by atomic mass is 19.2. The van der Waals surface area contributed by atoms with E-state index >= 15 is 0 Å². The topological polar surface area (TPSA) is 55.6 Å². The van der Waals surface area contributed by atoms with Gasteiger partial charge in [-0.15, -0.1) is 0 Å². The van der Waals surface area contributed by atoms with E-state index in [9.17, 15) is 13.6 Å². The Morgan fingerprint density at radius 3 is 2.71 bits per heavy atom. The van der Waals surface area contributed by atoms with Crippen molar-refractivity contribution in [3.8, 4) is 5.75 Å². The molecule has 2 N–H and O–H groups in total. The maximum Gasteiger partial charge on any atom is 0.236 e. The van der Waals surface area contributed by atoms with Crippen LogP contribution in [-0.2, 0) is 4.79 Å².